The van der Waals surface area contributed by atoms with Gasteiger partial charge in [0.1, 0.15) is 22.2 Å². The summed E-state index contributed by atoms with van der Waals surface area (Å²) in [5.41, 5.74) is 7.68. The van der Waals surface area contributed by atoms with E-state index in [9.17, 15) is 8.60 Å². The fraction of sp³-hybridized carbons (Fsp3) is 0.0435. The summed E-state index contributed by atoms with van der Waals surface area (Å²) in [6.07, 6.45) is 3.10. The Hall–Kier alpha value is -3.98. The van der Waals surface area contributed by atoms with Crippen LogP contribution in [-0.4, -0.2) is 28.9 Å². The fourth-order valence-corrected chi connectivity index (χ4v) is 4.43. The van der Waals surface area contributed by atoms with Crippen LogP contribution in [0, 0.1) is 5.82 Å². The molecule has 2 aromatic carbocycles. The van der Waals surface area contributed by atoms with Crippen molar-refractivity contribution < 1.29 is 8.60 Å². The minimum Gasteiger partial charge on any atom is -0.383 e. The van der Waals surface area contributed by atoms with E-state index in [1.807, 2.05) is 12.1 Å². The molecule has 5 rings (SSSR count). The van der Waals surface area contributed by atoms with Gasteiger partial charge in [0, 0.05) is 22.9 Å². The average Bonchev–Trinajstić information content (AvgIpc) is 3.19. The van der Waals surface area contributed by atoms with Crippen LogP contribution in [0.1, 0.15) is 5.56 Å². The molecule has 1 atom stereocenters. The number of pyridine rings is 1. The van der Waals surface area contributed by atoms with Gasteiger partial charge in [-0.3, -0.25) is 0 Å². The van der Waals surface area contributed by atoms with Crippen LogP contribution in [-0.2, 0) is 17.3 Å². The predicted molar refractivity (Wildman–Crippen MR) is 120 cm³/mol. The van der Waals surface area contributed by atoms with Gasteiger partial charge in [0.15, 0.2) is 11.5 Å². The smallest absolute Gasteiger partial charge is 0.182 e. The summed E-state index contributed by atoms with van der Waals surface area (Å²) in [6.45, 7) is 0.200. The number of nitrogen functional groups attached to an aromatic ring is 1. The molecule has 9 heteroatoms. The van der Waals surface area contributed by atoms with Crippen LogP contribution in [0.15, 0.2) is 88.9 Å². The van der Waals surface area contributed by atoms with Crippen LogP contribution >= 0.6 is 0 Å². The molecule has 0 spiro atoms. The van der Waals surface area contributed by atoms with E-state index in [0.29, 0.717) is 32.1 Å². The lowest BCUT2D eigenvalue weighted by atomic mass is 10.2. The van der Waals surface area contributed by atoms with Gasteiger partial charge in [-0.05, 0) is 30.3 Å². The molecule has 1 unspecified atom stereocenters. The van der Waals surface area contributed by atoms with Gasteiger partial charge in [-0.25, -0.2) is 28.2 Å². The summed E-state index contributed by atoms with van der Waals surface area (Å²) in [5.74, 6) is 0.0707. The molecule has 0 amide bonds. The number of hydrogen-bond acceptors (Lipinski definition) is 6. The monoisotopic (exact) mass is 444 g/mol. The molecule has 0 bridgehead atoms. The normalized spacial score (nSPS) is 12.2. The minimum atomic E-state index is -1.50. The second-order valence-electron chi connectivity index (χ2n) is 7.00. The molecule has 0 saturated carbocycles. The third kappa shape index (κ3) is 3.63. The highest BCUT2D eigenvalue weighted by atomic mass is 32.2. The predicted octanol–water partition coefficient (Wildman–Crippen LogP) is 3.82. The van der Waals surface area contributed by atoms with Crippen LogP contribution in [0.3, 0.4) is 0 Å². The van der Waals surface area contributed by atoms with E-state index in [0.717, 1.165) is 0 Å². The van der Waals surface area contributed by atoms with E-state index < -0.39 is 10.8 Å². The van der Waals surface area contributed by atoms with Gasteiger partial charge in [-0.15, -0.1) is 0 Å². The number of benzene rings is 2. The van der Waals surface area contributed by atoms with Crippen molar-refractivity contribution in [3.63, 3.8) is 0 Å². The molecule has 0 aliphatic heterocycles. The van der Waals surface area contributed by atoms with Crippen molar-refractivity contribution in [2.75, 3.05) is 5.73 Å². The molecular formula is C23H17FN6OS. The lowest BCUT2D eigenvalue weighted by Crippen LogP contribution is -2.06. The van der Waals surface area contributed by atoms with Gasteiger partial charge >= 0.3 is 0 Å². The number of fused-ring (bicyclic) bond motifs is 1. The van der Waals surface area contributed by atoms with Crippen molar-refractivity contribution in [2.24, 2.45) is 0 Å². The van der Waals surface area contributed by atoms with E-state index in [2.05, 4.69) is 20.1 Å². The van der Waals surface area contributed by atoms with Crippen molar-refractivity contribution >= 4 is 27.7 Å². The van der Waals surface area contributed by atoms with Gasteiger partial charge in [0.05, 0.1) is 22.7 Å². The zero-order valence-corrected chi connectivity index (χ0v) is 17.5. The third-order valence-electron chi connectivity index (χ3n) is 4.94. The Balaban J connectivity index is 1.56. The maximum Gasteiger partial charge on any atom is 0.182 e. The molecule has 158 valence electrons. The van der Waals surface area contributed by atoms with E-state index in [-0.39, 0.29) is 24.0 Å². The van der Waals surface area contributed by atoms with Crippen molar-refractivity contribution in [1.82, 2.24) is 24.7 Å². The fourth-order valence-electron chi connectivity index (χ4n) is 3.38. The lowest BCUT2D eigenvalue weighted by molar-refractivity contribution is 0.589. The Labute approximate surface area is 185 Å². The van der Waals surface area contributed by atoms with E-state index >= 15 is 0 Å². The number of anilines is 1. The molecule has 0 radical (unpaired) electrons. The number of nitrogens with zero attached hydrogens (tertiary/aromatic N) is 5. The molecular weight excluding hydrogens is 427 g/mol. The number of rotatable bonds is 5. The molecule has 3 heterocycles. The largest absolute Gasteiger partial charge is 0.383 e. The van der Waals surface area contributed by atoms with Crippen LogP contribution < -0.4 is 5.73 Å². The SMILES string of the molecule is Nc1nc(-c2nn(Cc3ccccc3F)c3ncccc23)ncc1S(=O)c1ccccc1. The van der Waals surface area contributed by atoms with Gasteiger partial charge in [-0.1, -0.05) is 36.4 Å². The zero-order chi connectivity index (χ0) is 22.1. The molecule has 0 aliphatic rings. The summed E-state index contributed by atoms with van der Waals surface area (Å²) < 4.78 is 28.6. The van der Waals surface area contributed by atoms with Crippen molar-refractivity contribution in [2.45, 2.75) is 16.3 Å². The first-order valence-electron chi connectivity index (χ1n) is 9.76. The van der Waals surface area contributed by atoms with Crippen LogP contribution in [0.2, 0.25) is 0 Å². The topological polar surface area (TPSA) is 99.6 Å². The van der Waals surface area contributed by atoms with Crippen molar-refractivity contribution in [3.05, 3.63) is 90.5 Å². The van der Waals surface area contributed by atoms with Crippen molar-refractivity contribution in [1.29, 1.82) is 0 Å². The van der Waals surface area contributed by atoms with Gasteiger partial charge < -0.3 is 5.73 Å². The molecule has 7 nitrogen and oxygen atoms in total. The molecule has 0 aliphatic carbocycles. The first-order valence-corrected chi connectivity index (χ1v) is 10.9. The highest BCUT2D eigenvalue weighted by molar-refractivity contribution is 7.85. The van der Waals surface area contributed by atoms with E-state index in [4.69, 9.17) is 5.73 Å². The minimum absolute atomic E-state index is 0.109. The highest BCUT2D eigenvalue weighted by Crippen LogP contribution is 2.28. The molecule has 32 heavy (non-hydrogen) atoms. The summed E-state index contributed by atoms with van der Waals surface area (Å²) in [5, 5.41) is 5.31. The van der Waals surface area contributed by atoms with E-state index in [1.54, 1.807) is 59.4 Å². The number of aromatic nitrogens is 5. The standard InChI is InChI=1S/C23H17FN6OS/c24-18-11-5-4-7-15(18)14-30-23-17(10-6-12-26-23)20(29-30)22-27-13-19(21(25)28-22)32(31)16-8-2-1-3-9-16/h1-13H,14H2,(H2,25,27,28). The average molecular weight is 444 g/mol. The summed E-state index contributed by atoms with van der Waals surface area (Å²) in [4.78, 5) is 14.1. The number of hydrogen-bond donors (Lipinski definition) is 1. The van der Waals surface area contributed by atoms with Gasteiger partial charge in [0.2, 0.25) is 0 Å². The number of halogens is 1. The maximum atomic E-state index is 14.2. The first-order chi connectivity index (χ1) is 15.6. The Morgan fingerprint density at radius 3 is 2.53 bits per heavy atom. The van der Waals surface area contributed by atoms with Gasteiger partial charge in [0.25, 0.3) is 0 Å². The Bertz CT molecular complexity index is 1450. The summed E-state index contributed by atoms with van der Waals surface area (Å²) in [7, 11) is -1.50. The summed E-state index contributed by atoms with van der Waals surface area (Å²) in [6, 6.07) is 19.1. The van der Waals surface area contributed by atoms with Crippen molar-refractivity contribution in [3.8, 4) is 11.5 Å². The third-order valence-corrected chi connectivity index (χ3v) is 6.35. The van der Waals surface area contributed by atoms with Crippen LogP contribution in [0.5, 0.6) is 0 Å². The lowest BCUT2D eigenvalue weighted by Gasteiger charge is -2.06. The molecule has 3 aromatic heterocycles. The first kappa shape index (κ1) is 20.0. The van der Waals surface area contributed by atoms with Crippen LogP contribution in [0.4, 0.5) is 10.2 Å². The second kappa shape index (κ2) is 8.27. The zero-order valence-electron chi connectivity index (χ0n) is 16.7. The molecule has 0 saturated heterocycles. The Morgan fingerprint density at radius 1 is 0.969 bits per heavy atom. The van der Waals surface area contributed by atoms with Crippen LogP contribution in [0.25, 0.3) is 22.6 Å². The van der Waals surface area contributed by atoms with Gasteiger partial charge in [-0.2, -0.15) is 5.10 Å². The molecule has 2 N–H and O–H groups in total. The Morgan fingerprint density at radius 2 is 1.75 bits per heavy atom. The number of nitrogens with two attached hydrogens (primary N) is 1. The second-order valence-corrected chi connectivity index (χ2v) is 8.45. The maximum absolute atomic E-state index is 14.2. The molecule has 0 fully saturated rings. The molecule has 5 aromatic rings. The highest BCUT2D eigenvalue weighted by Gasteiger charge is 2.19. The van der Waals surface area contributed by atoms with E-state index in [1.165, 1.54) is 12.3 Å². The quantitative estimate of drug-likeness (QED) is 0.442. The Kier molecular flexibility index (Phi) is 5.16. The summed E-state index contributed by atoms with van der Waals surface area (Å²) >= 11 is 0.